The van der Waals surface area contributed by atoms with E-state index in [0.29, 0.717) is 5.75 Å². The van der Waals surface area contributed by atoms with Crippen molar-refractivity contribution in [3.8, 4) is 5.75 Å². The van der Waals surface area contributed by atoms with Crippen LogP contribution in [0.5, 0.6) is 5.75 Å². The van der Waals surface area contributed by atoms with Crippen LogP contribution in [0.25, 0.3) is 0 Å². The van der Waals surface area contributed by atoms with Gasteiger partial charge in [0.2, 0.25) is 0 Å². The molecule has 34 heavy (non-hydrogen) atoms. The Balaban J connectivity index is 0.000000546. The van der Waals surface area contributed by atoms with Gasteiger partial charge in [-0.3, -0.25) is 0 Å². The monoisotopic (exact) mass is 554 g/mol. The van der Waals surface area contributed by atoms with Gasteiger partial charge in [0.1, 0.15) is 11.9 Å². The first-order chi connectivity index (χ1) is 15.6. The number of aliphatic hydroxyl groups is 3. The Labute approximate surface area is 209 Å². The fraction of sp³-hybridized carbons (Fsp3) is 0.429. The van der Waals surface area contributed by atoms with Crippen molar-refractivity contribution in [2.75, 3.05) is 19.8 Å². The summed E-state index contributed by atoms with van der Waals surface area (Å²) >= 11 is 7.75. The Morgan fingerprint density at radius 1 is 0.765 bits per heavy atom. The van der Waals surface area contributed by atoms with Crippen LogP contribution in [-0.2, 0) is 27.9 Å². The number of ether oxygens (including phenoxy) is 1. The van der Waals surface area contributed by atoms with Crippen LogP contribution >= 0.6 is 13.4 Å². The average molecular weight is 555 g/mol. The van der Waals surface area contributed by atoms with Gasteiger partial charge in [-0.25, -0.2) is 4.31 Å². The van der Waals surface area contributed by atoms with E-state index in [-0.39, 0.29) is 19.8 Å². The highest BCUT2D eigenvalue weighted by molar-refractivity contribution is 8.13. The average Bonchev–Trinajstić information content (AvgIpc) is 2.68. The van der Waals surface area contributed by atoms with Crippen molar-refractivity contribution >= 4 is 37.1 Å². The van der Waals surface area contributed by atoms with E-state index in [1.807, 2.05) is 64.1 Å². The maximum Gasteiger partial charge on any atom is 0.329 e. The van der Waals surface area contributed by atoms with Gasteiger partial charge in [0.15, 0.2) is 0 Å². The quantitative estimate of drug-likeness (QED) is 0.228. The molecule has 9 nitrogen and oxygen atoms in total. The molecule has 0 aromatic heterocycles. The molecular weight excluding hydrogens is 522 g/mol. The second-order valence-corrected chi connectivity index (χ2v) is 13.5. The number of hydrogen-bond donors (Lipinski definition) is 7. The largest absolute Gasteiger partial charge is 0.485 e. The van der Waals surface area contributed by atoms with Gasteiger partial charge < -0.3 is 39.6 Å². The summed E-state index contributed by atoms with van der Waals surface area (Å²) in [5, 5.41) is 29.8. The predicted octanol–water partition coefficient (Wildman–Crippen LogP) is 2.42. The maximum atomic E-state index is 9.95. The molecule has 0 amide bonds. The molecule has 1 atom stereocenters. The lowest BCUT2D eigenvalue weighted by molar-refractivity contribution is -0.0746. The van der Waals surface area contributed by atoms with Crippen molar-refractivity contribution in [1.29, 1.82) is 0 Å². The van der Waals surface area contributed by atoms with Crippen LogP contribution in [0.15, 0.2) is 36.4 Å². The number of hydrogen-bond acceptors (Lipinski definition) is 7. The minimum Gasteiger partial charge on any atom is -0.485 e. The molecule has 0 saturated carbocycles. The third kappa shape index (κ3) is 9.70. The van der Waals surface area contributed by atoms with Crippen molar-refractivity contribution in [3.63, 3.8) is 0 Å². The minimum atomic E-state index is -4.01. The van der Waals surface area contributed by atoms with Gasteiger partial charge in [-0.2, -0.15) is 0 Å². The summed E-state index contributed by atoms with van der Waals surface area (Å²) in [5.41, 5.74) is 3.88. The first-order valence-electron chi connectivity index (χ1n) is 10.0. The summed E-state index contributed by atoms with van der Waals surface area (Å²) < 4.78 is 9.96. The summed E-state index contributed by atoms with van der Waals surface area (Å²) in [6.07, 6.45) is -0.672. The van der Waals surface area contributed by atoms with Crippen molar-refractivity contribution in [2.45, 2.75) is 33.8 Å². The predicted molar refractivity (Wildman–Crippen MR) is 137 cm³/mol. The van der Waals surface area contributed by atoms with Crippen molar-refractivity contribution in [3.05, 3.63) is 64.2 Å². The summed E-state index contributed by atoms with van der Waals surface area (Å²) in [6, 6.07) is 11.8. The number of aryl methyl sites for hydroxylation is 4. The highest BCUT2D eigenvalue weighted by Gasteiger charge is 2.41. The van der Waals surface area contributed by atoms with Crippen molar-refractivity contribution in [2.24, 2.45) is 5.41 Å². The lowest BCUT2D eigenvalue weighted by Gasteiger charge is -2.37. The molecular formula is C21H32O9P2S2. The molecule has 0 aliphatic rings. The Kier molecular flexibility index (Phi) is 11.9. The van der Waals surface area contributed by atoms with Gasteiger partial charge >= 0.3 is 13.4 Å². The molecule has 2 aromatic carbocycles. The SMILES string of the molecule is Cc1ccc(OC(c2ccc(C)cc2C)C(CO)(CO)CO)c(C)c1.OP(O)(=S)OP(O)(O)=S. The topological polar surface area (TPSA) is 160 Å². The smallest absolute Gasteiger partial charge is 0.329 e. The van der Waals surface area contributed by atoms with E-state index in [1.165, 1.54) is 0 Å². The van der Waals surface area contributed by atoms with Gasteiger partial charge in [0.25, 0.3) is 0 Å². The van der Waals surface area contributed by atoms with Crippen LogP contribution in [0.2, 0.25) is 0 Å². The molecule has 13 heteroatoms. The van der Waals surface area contributed by atoms with E-state index in [0.717, 1.165) is 27.8 Å². The number of aliphatic hydroxyl groups excluding tert-OH is 3. The van der Waals surface area contributed by atoms with Gasteiger partial charge in [-0.15, -0.1) is 0 Å². The molecule has 0 spiro atoms. The van der Waals surface area contributed by atoms with Crippen LogP contribution in [0.1, 0.15) is 33.9 Å². The second kappa shape index (κ2) is 13.0. The van der Waals surface area contributed by atoms with Crippen LogP contribution in [0.4, 0.5) is 0 Å². The van der Waals surface area contributed by atoms with E-state index in [4.69, 9.17) is 24.3 Å². The molecule has 7 N–H and O–H groups in total. The molecule has 2 aromatic rings. The molecule has 1 unspecified atom stereocenters. The van der Waals surface area contributed by atoms with Crippen LogP contribution in [-0.4, -0.2) is 54.7 Å². The van der Waals surface area contributed by atoms with Crippen LogP contribution in [0.3, 0.4) is 0 Å². The fourth-order valence-corrected chi connectivity index (χ4v) is 6.40. The minimum absolute atomic E-state index is 0.386. The first kappa shape index (κ1) is 31.3. The molecule has 0 saturated heterocycles. The Hall–Kier alpha value is -0.780. The molecule has 0 fully saturated rings. The lowest BCUT2D eigenvalue weighted by atomic mass is 9.79. The summed E-state index contributed by atoms with van der Waals surface area (Å²) in [4.78, 5) is 33.0. The molecule has 0 radical (unpaired) electrons. The van der Waals surface area contributed by atoms with Crippen molar-refractivity contribution in [1.82, 2.24) is 0 Å². The molecule has 0 aliphatic carbocycles. The lowest BCUT2D eigenvalue weighted by Crippen LogP contribution is -2.43. The molecule has 192 valence electrons. The Morgan fingerprint density at radius 3 is 1.56 bits per heavy atom. The molecule has 2 rings (SSSR count). The summed E-state index contributed by atoms with van der Waals surface area (Å²) in [5.74, 6) is 0.676. The highest BCUT2D eigenvalue weighted by atomic mass is 32.5. The zero-order valence-electron chi connectivity index (χ0n) is 19.3. The van der Waals surface area contributed by atoms with E-state index in [1.54, 1.807) is 0 Å². The van der Waals surface area contributed by atoms with E-state index in [2.05, 4.69) is 27.9 Å². The number of benzene rings is 2. The standard InChI is InChI=1S/C21H28O4.H4O5P2S2/c1-14-5-7-18(16(3)9-14)20(21(11-22,12-23)13-24)25-19-8-6-15(2)10-17(19)4;1-6(2,8)5-7(3,4)9/h5-10,20,22-24H,11-13H2,1-4H3;(H2,1,2,8)(H2,3,4,9). The summed E-state index contributed by atoms with van der Waals surface area (Å²) in [7, 11) is 0. The zero-order chi connectivity index (χ0) is 26.3. The van der Waals surface area contributed by atoms with Gasteiger partial charge in [0.05, 0.1) is 25.2 Å². The van der Waals surface area contributed by atoms with Gasteiger partial charge in [-0.1, -0.05) is 41.5 Å². The van der Waals surface area contributed by atoms with Crippen LogP contribution in [0, 0.1) is 33.1 Å². The first-order valence-corrected chi connectivity index (χ1v) is 15.3. The van der Waals surface area contributed by atoms with E-state index < -0.39 is 25.0 Å². The maximum absolute atomic E-state index is 9.95. The fourth-order valence-electron chi connectivity index (χ4n) is 3.23. The van der Waals surface area contributed by atoms with Crippen LogP contribution < -0.4 is 4.74 Å². The zero-order valence-corrected chi connectivity index (χ0v) is 22.7. The van der Waals surface area contributed by atoms with Crippen molar-refractivity contribution < 1.29 is 43.9 Å². The van der Waals surface area contributed by atoms with Gasteiger partial charge in [-0.05, 0) is 74.1 Å². The summed E-state index contributed by atoms with van der Waals surface area (Å²) in [6.45, 7) is -1.23. The third-order valence-corrected chi connectivity index (χ3v) is 7.90. The molecule has 0 heterocycles. The normalized spacial score (nSPS) is 13.1. The van der Waals surface area contributed by atoms with E-state index in [9.17, 15) is 15.3 Å². The van der Waals surface area contributed by atoms with E-state index >= 15 is 0 Å². The highest BCUT2D eigenvalue weighted by Crippen LogP contribution is 2.54. The number of rotatable bonds is 9. The Morgan fingerprint density at radius 2 is 1.21 bits per heavy atom. The Bertz CT molecular complexity index is 1020. The second-order valence-electron chi connectivity index (χ2n) is 8.03. The van der Waals surface area contributed by atoms with Gasteiger partial charge in [0, 0.05) is 0 Å². The molecule has 0 bridgehead atoms. The third-order valence-electron chi connectivity index (χ3n) is 5.00. The molecule has 0 aliphatic heterocycles.